The molecule has 1 aliphatic rings. The Bertz CT molecular complexity index is 592. The van der Waals surface area contributed by atoms with Crippen molar-refractivity contribution in [2.45, 2.75) is 44.7 Å². The molecule has 0 amide bonds. The van der Waals surface area contributed by atoms with Crippen LogP contribution in [0.3, 0.4) is 0 Å². The number of halogens is 1. The molecule has 0 unspecified atom stereocenters. The number of benzene rings is 1. The van der Waals surface area contributed by atoms with Crippen molar-refractivity contribution < 1.29 is 12.8 Å². The predicted molar refractivity (Wildman–Crippen MR) is 86.7 cm³/mol. The second-order valence-corrected chi connectivity index (χ2v) is 8.07. The van der Waals surface area contributed by atoms with Crippen LogP contribution in [-0.4, -0.2) is 33.3 Å². The van der Waals surface area contributed by atoms with Crippen LogP contribution in [0.4, 0.5) is 4.39 Å². The molecule has 0 aliphatic heterocycles. The lowest BCUT2D eigenvalue weighted by Gasteiger charge is -2.23. The maximum atomic E-state index is 13.6. The summed E-state index contributed by atoms with van der Waals surface area (Å²) in [4.78, 5) is 0. The van der Waals surface area contributed by atoms with Crippen molar-refractivity contribution in [3.8, 4) is 0 Å². The van der Waals surface area contributed by atoms with E-state index in [2.05, 4.69) is 10.0 Å². The van der Waals surface area contributed by atoms with Gasteiger partial charge in [-0.2, -0.15) is 0 Å². The zero-order valence-electron chi connectivity index (χ0n) is 13.2. The lowest BCUT2D eigenvalue weighted by molar-refractivity contribution is 0.392. The van der Waals surface area contributed by atoms with Gasteiger partial charge in [-0.1, -0.05) is 24.6 Å². The Morgan fingerprint density at radius 3 is 2.73 bits per heavy atom. The van der Waals surface area contributed by atoms with Gasteiger partial charge >= 0.3 is 0 Å². The normalized spacial score (nSPS) is 23.6. The molecule has 0 radical (unpaired) electrons. The molecule has 0 aromatic heterocycles. The largest absolute Gasteiger partial charge is 0.314 e. The minimum absolute atomic E-state index is 0.0168. The summed E-state index contributed by atoms with van der Waals surface area (Å²) in [5.74, 6) is 0.131. The molecule has 2 N–H and O–H groups in total. The molecule has 0 heterocycles. The number of sulfonamides is 1. The first kappa shape index (κ1) is 17.4. The molecule has 1 aromatic carbocycles. The lowest BCUT2D eigenvalue weighted by atomic mass is 10.0. The SMILES string of the molecule is C[C@H](Cc1ccccc1F)NC[C@@H]1CCC[C@@H]1NS(C)(=O)=O. The highest BCUT2D eigenvalue weighted by atomic mass is 32.2. The monoisotopic (exact) mass is 328 g/mol. The Morgan fingerprint density at radius 1 is 1.32 bits per heavy atom. The van der Waals surface area contributed by atoms with E-state index in [1.54, 1.807) is 12.1 Å². The summed E-state index contributed by atoms with van der Waals surface area (Å²) in [7, 11) is -3.16. The molecule has 0 bridgehead atoms. The minimum Gasteiger partial charge on any atom is -0.314 e. The van der Waals surface area contributed by atoms with Gasteiger partial charge in [0.05, 0.1) is 6.26 Å². The van der Waals surface area contributed by atoms with Gasteiger partial charge in [0.2, 0.25) is 10.0 Å². The molecule has 1 aliphatic carbocycles. The minimum atomic E-state index is -3.16. The summed E-state index contributed by atoms with van der Waals surface area (Å²) in [6, 6.07) is 6.98. The zero-order chi connectivity index (χ0) is 16.2. The fourth-order valence-corrected chi connectivity index (χ4v) is 3.99. The van der Waals surface area contributed by atoms with Crippen molar-refractivity contribution in [3.63, 3.8) is 0 Å². The van der Waals surface area contributed by atoms with E-state index in [4.69, 9.17) is 0 Å². The molecule has 0 spiro atoms. The Hall–Kier alpha value is -0.980. The molecule has 1 saturated carbocycles. The molecular formula is C16H25FN2O2S. The molecule has 4 nitrogen and oxygen atoms in total. The van der Waals surface area contributed by atoms with E-state index in [-0.39, 0.29) is 17.9 Å². The first-order valence-electron chi connectivity index (χ1n) is 7.79. The Balaban J connectivity index is 1.83. The number of nitrogens with one attached hydrogen (secondary N) is 2. The second-order valence-electron chi connectivity index (χ2n) is 6.29. The van der Waals surface area contributed by atoms with Crippen LogP contribution in [0.25, 0.3) is 0 Å². The average Bonchev–Trinajstić information content (AvgIpc) is 2.84. The van der Waals surface area contributed by atoms with E-state index in [1.807, 2.05) is 13.0 Å². The van der Waals surface area contributed by atoms with Crippen molar-refractivity contribution in [2.75, 3.05) is 12.8 Å². The van der Waals surface area contributed by atoms with E-state index in [9.17, 15) is 12.8 Å². The van der Waals surface area contributed by atoms with Crippen molar-refractivity contribution >= 4 is 10.0 Å². The van der Waals surface area contributed by atoms with Crippen molar-refractivity contribution in [2.24, 2.45) is 5.92 Å². The summed E-state index contributed by atoms with van der Waals surface area (Å²) in [5.41, 5.74) is 0.708. The third-order valence-electron chi connectivity index (χ3n) is 4.24. The number of hydrogen-bond acceptors (Lipinski definition) is 3. The van der Waals surface area contributed by atoms with Crippen LogP contribution in [0.2, 0.25) is 0 Å². The van der Waals surface area contributed by atoms with Crippen molar-refractivity contribution in [1.82, 2.24) is 10.0 Å². The molecule has 0 saturated heterocycles. The molecule has 6 heteroatoms. The summed E-state index contributed by atoms with van der Waals surface area (Å²) in [5, 5.41) is 3.41. The molecule has 3 atom stereocenters. The standard InChI is InChI=1S/C16H25FN2O2S/c1-12(10-13-6-3-4-8-15(13)17)18-11-14-7-5-9-16(14)19-22(2,20)21/h3-4,6,8,12,14,16,18-19H,5,7,9-11H2,1-2H3/t12-,14+,16+/m1/s1. The summed E-state index contributed by atoms with van der Waals surface area (Å²) < 4.78 is 39.1. The Morgan fingerprint density at radius 2 is 2.05 bits per heavy atom. The first-order chi connectivity index (χ1) is 10.3. The highest BCUT2D eigenvalue weighted by Crippen LogP contribution is 2.25. The first-order valence-corrected chi connectivity index (χ1v) is 9.68. The van der Waals surface area contributed by atoms with Gasteiger partial charge in [0, 0.05) is 12.1 Å². The third kappa shape index (κ3) is 5.34. The Labute approximate surface area is 132 Å². The maximum absolute atomic E-state index is 13.6. The number of hydrogen-bond donors (Lipinski definition) is 2. The molecule has 1 aromatic rings. The maximum Gasteiger partial charge on any atom is 0.208 e. The van der Waals surface area contributed by atoms with Crippen LogP contribution in [-0.2, 0) is 16.4 Å². The van der Waals surface area contributed by atoms with Gasteiger partial charge in [0.25, 0.3) is 0 Å². The van der Waals surface area contributed by atoms with E-state index in [1.165, 1.54) is 12.3 Å². The van der Waals surface area contributed by atoms with Gasteiger partial charge < -0.3 is 5.32 Å². The topological polar surface area (TPSA) is 58.2 Å². The third-order valence-corrected chi connectivity index (χ3v) is 4.97. The molecular weight excluding hydrogens is 303 g/mol. The molecule has 2 rings (SSSR count). The van der Waals surface area contributed by atoms with Crippen LogP contribution >= 0.6 is 0 Å². The van der Waals surface area contributed by atoms with Gasteiger partial charge in [0.1, 0.15) is 5.82 Å². The van der Waals surface area contributed by atoms with Gasteiger partial charge in [0.15, 0.2) is 0 Å². The van der Waals surface area contributed by atoms with Crippen LogP contribution in [0, 0.1) is 11.7 Å². The van der Waals surface area contributed by atoms with Crippen molar-refractivity contribution in [1.29, 1.82) is 0 Å². The van der Waals surface area contributed by atoms with Gasteiger partial charge in [-0.3, -0.25) is 0 Å². The van der Waals surface area contributed by atoms with E-state index < -0.39 is 10.0 Å². The predicted octanol–water partition coefficient (Wildman–Crippen LogP) is 2.06. The fraction of sp³-hybridized carbons (Fsp3) is 0.625. The quantitative estimate of drug-likeness (QED) is 0.805. The summed E-state index contributed by atoms with van der Waals surface area (Å²) in [6.07, 6.45) is 4.79. The van der Waals surface area contributed by atoms with E-state index >= 15 is 0 Å². The highest BCUT2D eigenvalue weighted by Gasteiger charge is 2.29. The summed E-state index contributed by atoms with van der Waals surface area (Å²) >= 11 is 0. The van der Waals surface area contributed by atoms with Crippen LogP contribution in [0.1, 0.15) is 31.7 Å². The van der Waals surface area contributed by atoms with Crippen molar-refractivity contribution in [3.05, 3.63) is 35.6 Å². The van der Waals surface area contributed by atoms with Crippen LogP contribution in [0.15, 0.2) is 24.3 Å². The Kier molecular flexibility index (Phi) is 5.94. The average molecular weight is 328 g/mol. The zero-order valence-corrected chi connectivity index (χ0v) is 14.0. The lowest BCUT2D eigenvalue weighted by Crippen LogP contribution is -2.42. The highest BCUT2D eigenvalue weighted by molar-refractivity contribution is 7.88. The molecule has 124 valence electrons. The molecule has 1 fully saturated rings. The van der Waals surface area contributed by atoms with Crippen LogP contribution in [0.5, 0.6) is 0 Å². The van der Waals surface area contributed by atoms with Gasteiger partial charge in [-0.15, -0.1) is 0 Å². The van der Waals surface area contributed by atoms with Gasteiger partial charge in [-0.05, 0) is 50.3 Å². The van der Waals surface area contributed by atoms with Gasteiger partial charge in [-0.25, -0.2) is 17.5 Å². The molecule has 22 heavy (non-hydrogen) atoms. The fourth-order valence-electron chi connectivity index (χ4n) is 3.13. The number of rotatable bonds is 7. The van der Waals surface area contributed by atoms with E-state index in [0.29, 0.717) is 17.9 Å². The van der Waals surface area contributed by atoms with E-state index in [0.717, 1.165) is 25.8 Å². The van der Waals surface area contributed by atoms with Crippen LogP contribution < -0.4 is 10.0 Å². The smallest absolute Gasteiger partial charge is 0.208 e. The summed E-state index contributed by atoms with van der Waals surface area (Å²) in [6.45, 7) is 2.78. The second kappa shape index (κ2) is 7.53.